The van der Waals surface area contributed by atoms with Gasteiger partial charge >= 0.3 is 0 Å². The van der Waals surface area contributed by atoms with E-state index in [1.54, 1.807) is 19.1 Å². The second kappa shape index (κ2) is 9.87. The average molecular weight is 499 g/mol. The van der Waals surface area contributed by atoms with Crippen LogP contribution in [0.25, 0.3) is 11.1 Å². The van der Waals surface area contributed by atoms with Crippen LogP contribution >= 0.6 is 0 Å². The Morgan fingerprint density at radius 1 is 0.833 bits per heavy atom. The summed E-state index contributed by atoms with van der Waals surface area (Å²) in [7, 11) is -3.68. The fourth-order valence-corrected chi connectivity index (χ4v) is 5.76. The number of ether oxygens (including phenoxy) is 1. The van der Waals surface area contributed by atoms with Crippen LogP contribution in [0.3, 0.4) is 0 Å². The van der Waals surface area contributed by atoms with Crippen molar-refractivity contribution in [3.63, 3.8) is 0 Å². The highest BCUT2D eigenvalue weighted by atomic mass is 32.2. The van der Waals surface area contributed by atoms with Crippen LogP contribution in [0, 0.1) is 0 Å². The summed E-state index contributed by atoms with van der Waals surface area (Å²) in [5.41, 5.74) is 4.41. The van der Waals surface area contributed by atoms with Gasteiger partial charge in [0.2, 0.25) is 0 Å². The molecular weight excluding hydrogens is 472 g/mol. The number of fused-ring (bicyclic) bond motifs is 1. The molecule has 0 bridgehead atoms. The molecule has 1 amide bonds. The van der Waals surface area contributed by atoms with Gasteiger partial charge in [0.15, 0.2) is 6.10 Å². The van der Waals surface area contributed by atoms with Crippen LogP contribution in [0.15, 0.2) is 108 Å². The Morgan fingerprint density at radius 3 is 2.19 bits per heavy atom. The summed E-state index contributed by atoms with van der Waals surface area (Å²) >= 11 is 0. The van der Waals surface area contributed by atoms with Crippen LogP contribution in [0.5, 0.6) is 5.75 Å². The van der Waals surface area contributed by atoms with Crippen molar-refractivity contribution in [2.45, 2.75) is 24.3 Å². The summed E-state index contributed by atoms with van der Waals surface area (Å²) in [6, 6.07) is 31.3. The van der Waals surface area contributed by atoms with E-state index in [1.807, 2.05) is 78.9 Å². The van der Waals surface area contributed by atoms with Crippen LogP contribution in [0.4, 0.5) is 11.4 Å². The highest BCUT2D eigenvalue weighted by molar-refractivity contribution is 7.92. The summed E-state index contributed by atoms with van der Waals surface area (Å²) < 4.78 is 33.6. The van der Waals surface area contributed by atoms with Crippen molar-refractivity contribution in [1.29, 1.82) is 0 Å². The largest absolute Gasteiger partial charge is 0.481 e. The average Bonchev–Trinajstić information content (AvgIpc) is 3.35. The van der Waals surface area contributed by atoms with Gasteiger partial charge in [0.25, 0.3) is 15.9 Å². The van der Waals surface area contributed by atoms with Gasteiger partial charge in [-0.1, -0.05) is 60.7 Å². The van der Waals surface area contributed by atoms with E-state index >= 15 is 0 Å². The quantitative estimate of drug-likeness (QED) is 0.365. The van der Waals surface area contributed by atoms with Gasteiger partial charge in [-0.05, 0) is 72.5 Å². The number of carbonyl (C=O) groups is 1. The standard InChI is InChI=1S/C29H26N2O4S/c1-21(35-26-15-11-23(12-16-26)22-7-3-2-4-8-22)29(32)30-25-13-17-27(18-14-25)36(33,34)31-20-19-24-9-5-6-10-28(24)31/h2-18,21H,19-20H2,1H3,(H,30,32). The van der Waals surface area contributed by atoms with Crippen LogP contribution in [-0.4, -0.2) is 27.0 Å². The summed E-state index contributed by atoms with van der Waals surface area (Å²) in [6.45, 7) is 2.09. The number of sulfonamides is 1. The molecule has 1 atom stereocenters. The topological polar surface area (TPSA) is 75.7 Å². The van der Waals surface area contributed by atoms with Gasteiger partial charge in [0.1, 0.15) is 5.75 Å². The van der Waals surface area contributed by atoms with Crippen LogP contribution < -0.4 is 14.4 Å². The number of nitrogens with one attached hydrogen (secondary N) is 1. The summed E-state index contributed by atoms with van der Waals surface area (Å²) in [5.74, 6) is 0.260. The molecule has 1 N–H and O–H groups in total. The smallest absolute Gasteiger partial charge is 0.265 e. The van der Waals surface area contributed by atoms with Gasteiger partial charge in [-0.2, -0.15) is 0 Å². The molecule has 4 aromatic carbocycles. The third-order valence-corrected chi connectivity index (χ3v) is 8.03. The van der Waals surface area contributed by atoms with E-state index in [4.69, 9.17) is 4.74 Å². The van der Waals surface area contributed by atoms with Crippen LogP contribution in [0.1, 0.15) is 12.5 Å². The van der Waals surface area contributed by atoms with Crippen LogP contribution in [-0.2, 0) is 21.2 Å². The fraction of sp³-hybridized carbons (Fsp3) is 0.138. The minimum atomic E-state index is -3.68. The van der Waals surface area contributed by atoms with Crippen molar-refractivity contribution in [1.82, 2.24) is 0 Å². The second-order valence-electron chi connectivity index (χ2n) is 8.62. The maximum absolute atomic E-state index is 13.2. The highest BCUT2D eigenvalue weighted by Gasteiger charge is 2.30. The number of hydrogen-bond acceptors (Lipinski definition) is 4. The van der Waals surface area contributed by atoms with Gasteiger partial charge < -0.3 is 10.1 Å². The number of nitrogens with zero attached hydrogens (tertiary/aromatic N) is 1. The predicted molar refractivity (Wildman–Crippen MR) is 142 cm³/mol. The van der Waals surface area contributed by atoms with Crippen molar-refractivity contribution < 1.29 is 17.9 Å². The monoisotopic (exact) mass is 498 g/mol. The number of carbonyl (C=O) groups excluding carboxylic acids is 1. The number of hydrogen-bond donors (Lipinski definition) is 1. The van der Waals surface area contributed by atoms with Gasteiger partial charge in [-0.25, -0.2) is 8.42 Å². The molecular formula is C29H26N2O4S. The molecule has 0 saturated carbocycles. The summed E-state index contributed by atoms with van der Waals surface area (Å²) in [5, 5.41) is 2.79. The number of anilines is 2. The maximum Gasteiger partial charge on any atom is 0.265 e. The Morgan fingerprint density at radius 2 is 1.47 bits per heavy atom. The molecule has 36 heavy (non-hydrogen) atoms. The van der Waals surface area contributed by atoms with Crippen molar-refractivity contribution >= 4 is 27.3 Å². The lowest BCUT2D eigenvalue weighted by Crippen LogP contribution is -2.30. The zero-order chi connectivity index (χ0) is 25.1. The van der Waals surface area contributed by atoms with Gasteiger partial charge in [-0.15, -0.1) is 0 Å². The van der Waals surface area contributed by atoms with E-state index < -0.39 is 16.1 Å². The minimum absolute atomic E-state index is 0.181. The molecule has 1 aliphatic heterocycles. The minimum Gasteiger partial charge on any atom is -0.481 e. The Balaban J connectivity index is 1.21. The molecule has 1 unspecified atom stereocenters. The molecule has 1 aliphatic rings. The predicted octanol–water partition coefficient (Wildman–Crippen LogP) is 5.51. The third-order valence-electron chi connectivity index (χ3n) is 6.20. The van der Waals surface area contributed by atoms with E-state index in [9.17, 15) is 13.2 Å². The molecule has 1 heterocycles. The lowest BCUT2D eigenvalue weighted by molar-refractivity contribution is -0.122. The van der Waals surface area contributed by atoms with E-state index in [0.29, 0.717) is 24.4 Å². The molecule has 0 aliphatic carbocycles. The SMILES string of the molecule is CC(Oc1ccc(-c2ccccc2)cc1)C(=O)Nc1ccc(S(=O)(=O)N2CCc3ccccc32)cc1. The molecule has 5 rings (SSSR count). The zero-order valence-electron chi connectivity index (χ0n) is 19.8. The van der Waals surface area contributed by atoms with E-state index in [2.05, 4.69) is 5.32 Å². The van der Waals surface area contributed by atoms with Crippen molar-refractivity contribution in [2.24, 2.45) is 0 Å². The van der Waals surface area contributed by atoms with Crippen molar-refractivity contribution in [3.05, 3.63) is 109 Å². The third kappa shape index (κ3) is 4.83. The number of amides is 1. The van der Waals surface area contributed by atoms with E-state index in [0.717, 1.165) is 22.4 Å². The normalized spacial score (nSPS) is 13.6. The Hall–Kier alpha value is -4.10. The molecule has 4 aromatic rings. The second-order valence-corrected chi connectivity index (χ2v) is 10.5. The Kier molecular flexibility index (Phi) is 6.48. The highest BCUT2D eigenvalue weighted by Crippen LogP contribution is 2.33. The molecule has 0 aromatic heterocycles. The Labute approximate surface area is 211 Å². The van der Waals surface area contributed by atoms with Gasteiger partial charge in [0, 0.05) is 12.2 Å². The Bertz CT molecular complexity index is 1470. The number of para-hydroxylation sites is 1. The first-order valence-electron chi connectivity index (χ1n) is 11.8. The maximum atomic E-state index is 13.2. The number of rotatable bonds is 7. The molecule has 0 radical (unpaired) electrons. The van der Waals surface area contributed by atoms with Gasteiger partial charge in [0.05, 0.1) is 10.6 Å². The lowest BCUT2D eigenvalue weighted by atomic mass is 10.1. The van der Waals surface area contributed by atoms with Crippen LogP contribution in [0.2, 0.25) is 0 Å². The molecule has 0 fully saturated rings. The molecule has 7 heteroatoms. The molecule has 0 spiro atoms. The first kappa shape index (κ1) is 23.6. The fourth-order valence-electron chi connectivity index (χ4n) is 4.25. The van der Waals surface area contributed by atoms with Crippen molar-refractivity contribution in [2.75, 3.05) is 16.2 Å². The van der Waals surface area contributed by atoms with E-state index in [-0.39, 0.29) is 10.8 Å². The first-order chi connectivity index (χ1) is 17.4. The zero-order valence-corrected chi connectivity index (χ0v) is 20.6. The molecule has 6 nitrogen and oxygen atoms in total. The lowest BCUT2D eigenvalue weighted by Gasteiger charge is -2.20. The van der Waals surface area contributed by atoms with Crippen molar-refractivity contribution in [3.8, 4) is 16.9 Å². The molecule has 0 saturated heterocycles. The van der Waals surface area contributed by atoms with Gasteiger partial charge in [-0.3, -0.25) is 9.10 Å². The first-order valence-corrected chi connectivity index (χ1v) is 13.2. The van der Waals surface area contributed by atoms with E-state index in [1.165, 1.54) is 16.4 Å². The molecule has 182 valence electrons. The summed E-state index contributed by atoms with van der Waals surface area (Å²) in [6.07, 6.45) is -0.0479. The summed E-state index contributed by atoms with van der Waals surface area (Å²) in [4.78, 5) is 12.9. The number of benzene rings is 4.